The Morgan fingerprint density at radius 3 is 1.88 bits per heavy atom. The molecule has 5 atom stereocenters. The van der Waals surface area contributed by atoms with Crippen LogP contribution in [0.1, 0.15) is 32.8 Å². The first-order valence-electron chi connectivity index (χ1n) is 10.7. The molecule has 12 heteroatoms. The van der Waals surface area contributed by atoms with Crippen LogP contribution in [-0.2, 0) is 30.4 Å². The van der Waals surface area contributed by atoms with Gasteiger partial charge < -0.3 is 37.6 Å². The summed E-state index contributed by atoms with van der Waals surface area (Å²) in [5, 5.41) is 26.1. The van der Waals surface area contributed by atoms with Gasteiger partial charge in [-0.15, -0.1) is 0 Å². The van der Waals surface area contributed by atoms with Crippen molar-refractivity contribution in [3.8, 4) is 0 Å². The van der Waals surface area contributed by atoms with Crippen LogP contribution in [0.25, 0.3) is 0 Å². The molecule has 0 aliphatic carbocycles. The van der Waals surface area contributed by atoms with Crippen molar-refractivity contribution in [1.82, 2.24) is 16.0 Å². The topological polar surface area (TPSA) is 214 Å². The van der Waals surface area contributed by atoms with E-state index in [1.807, 2.05) is 30.3 Å². The van der Waals surface area contributed by atoms with Gasteiger partial charge in [-0.3, -0.25) is 19.2 Å². The summed E-state index contributed by atoms with van der Waals surface area (Å²) >= 11 is 0. The molecule has 9 N–H and O–H groups in total. The number of amides is 4. The molecule has 34 heavy (non-hydrogen) atoms. The molecule has 0 aliphatic heterocycles. The smallest absolute Gasteiger partial charge is 0.326 e. The molecule has 1 rings (SSSR count). The number of carbonyl (C=O) groups is 5. The molecule has 5 unspecified atom stereocenters. The van der Waals surface area contributed by atoms with E-state index in [0.29, 0.717) is 0 Å². The lowest BCUT2D eigenvalue weighted by molar-refractivity contribution is -0.144. The zero-order valence-electron chi connectivity index (χ0n) is 19.4. The van der Waals surface area contributed by atoms with Gasteiger partial charge in [-0.2, -0.15) is 0 Å². The van der Waals surface area contributed by atoms with Crippen molar-refractivity contribution in [2.45, 2.75) is 63.9 Å². The number of nitrogens with two attached hydrogens (primary N) is 2. The molecule has 0 heterocycles. The summed E-state index contributed by atoms with van der Waals surface area (Å²) in [6.07, 6.45) is -1.85. The van der Waals surface area contributed by atoms with E-state index in [0.717, 1.165) is 5.56 Å². The number of aliphatic hydroxyl groups is 1. The molecule has 1 aromatic carbocycles. The second-order valence-electron chi connectivity index (χ2n) is 8.32. The lowest BCUT2D eigenvalue weighted by Crippen LogP contribution is -2.61. The first-order valence-corrected chi connectivity index (χ1v) is 10.7. The summed E-state index contributed by atoms with van der Waals surface area (Å²) in [5.74, 6) is -5.28. The first-order chi connectivity index (χ1) is 15.8. The second kappa shape index (κ2) is 13.3. The van der Waals surface area contributed by atoms with Gasteiger partial charge in [0.05, 0.1) is 18.6 Å². The van der Waals surface area contributed by atoms with Gasteiger partial charge in [-0.05, 0) is 24.8 Å². The van der Waals surface area contributed by atoms with E-state index in [-0.39, 0.29) is 6.42 Å². The third-order valence-corrected chi connectivity index (χ3v) is 4.96. The van der Waals surface area contributed by atoms with E-state index < -0.39 is 72.2 Å². The van der Waals surface area contributed by atoms with Gasteiger partial charge >= 0.3 is 5.97 Å². The fourth-order valence-corrected chi connectivity index (χ4v) is 3.07. The molecular formula is C22H33N5O7. The standard InChI is InChI=1S/C22H33N5O7/c1-11(2)17(26-19(30)14(23)9-13-7-5-4-6-8-13)20(31)27-18(12(3)28)21(32)25-15(22(33)34)10-16(24)29/h4-8,11-12,14-15,17-18,28H,9-10,23H2,1-3H3,(H2,24,29)(H,25,32)(H,26,30)(H,27,31)(H,33,34). The van der Waals surface area contributed by atoms with Crippen LogP contribution in [0, 0.1) is 5.92 Å². The highest BCUT2D eigenvalue weighted by atomic mass is 16.4. The molecule has 0 aromatic heterocycles. The maximum absolute atomic E-state index is 12.9. The van der Waals surface area contributed by atoms with Gasteiger partial charge in [0.1, 0.15) is 18.1 Å². The fourth-order valence-electron chi connectivity index (χ4n) is 3.07. The molecule has 0 bridgehead atoms. The minimum Gasteiger partial charge on any atom is -0.480 e. The Bertz CT molecular complexity index is 876. The fraction of sp³-hybridized carbons (Fsp3) is 0.500. The number of hydrogen-bond acceptors (Lipinski definition) is 7. The van der Waals surface area contributed by atoms with Gasteiger partial charge in [-0.25, -0.2) is 4.79 Å². The van der Waals surface area contributed by atoms with Crippen LogP contribution < -0.4 is 27.4 Å². The molecule has 12 nitrogen and oxygen atoms in total. The summed E-state index contributed by atoms with van der Waals surface area (Å²) < 4.78 is 0. The molecule has 0 saturated carbocycles. The number of hydrogen-bond donors (Lipinski definition) is 7. The second-order valence-corrected chi connectivity index (χ2v) is 8.32. The number of carboxylic acid groups (broad SMARTS) is 1. The van der Waals surface area contributed by atoms with Crippen molar-refractivity contribution >= 4 is 29.6 Å². The summed E-state index contributed by atoms with van der Waals surface area (Å²) in [7, 11) is 0. The SMILES string of the molecule is CC(C)C(NC(=O)C(N)Cc1ccccc1)C(=O)NC(C(=O)NC(CC(N)=O)C(=O)O)C(C)O. The number of aliphatic hydroxyl groups excluding tert-OH is 1. The number of benzene rings is 1. The number of carbonyl (C=O) groups excluding carboxylic acids is 4. The van der Waals surface area contributed by atoms with Gasteiger partial charge in [-0.1, -0.05) is 44.2 Å². The molecule has 0 radical (unpaired) electrons. The predicted octanol–water partition coefficient (Wildman–Crippen LogP) is -1.99. The minimum absolute atomic E-state index is 0.244. The van der Waals surface area contributed by atoms with Crippen molar-refractivity contribution in [2.75, 3.05) is 0 Å². The van der Waals surface area contributed by atoms with Crippen molar-refractivity contribution in [1.29, 1.82) is 0 Å². The molecule has 1 aromatic rings. The molecular weight excluding hydrogens is 446 g/mol. The van der Waals surface area contributed by atoms with Crippen molar-refractivity contribution in [2.24, 2.45) is 17.4 Å². The van der Waals surface area contributed by atoms with Crippen molar-refractivity contribution in [3.63, 3.8) is 0 Å². The van der Waals surface area contributed by atoms with Crippen LogP contribution in [0.4, 0.5) is 0 Å². The molecule has 188 valence electrons. The first kappa shape index (κ1) is 28.5. The highest BCUT2D eigenvalue weighted by Gasteiger charge is 2.34. The number of primary amides is 1. The zero-order valence-corrected chi connectivity index (χ0v) is 19.4. The Balaban J connectivity index is 2.89. The van der Waals surface area contributed by atoms with E-state index in [1.165, 1.54) is 6.92 Å². The Morgan fingerprint density at radius 2 is 1.41 bits per heavy atom. The molecule has 0 fully saturated rings. The molecule has 0 spiro atoms. The van der Waals surface area contributed by atoms with Crippen LogP contribution in [-0.4, -0.2) is 70.1 Å². The quantitative estimate of drug-likeness (QED) is 0.168. The van der Waals surface area contributed by atoms with Crippen LogP contribution in [0.2, 0.25) is 0 Å². The average molecular weight is 480 g/mol. The third-order valence-electron chi connectivity index (χ3n) is 4.96. The number of carboxylic acids is 1. The monoisotopic (exact) mass is 479 g/mol. The van der Waals surface area contributed by atoms with E-state index in [2.05, 4.69) is 16.0 Å². The molecule has 4 amide bonds. The van der Waals surface area contributed by atoms with E-state index in [4.69, 9.17) is 16.6 Å². The van der Waals surface area contributed by atoms with E-state index in [9.17, 15) is 29.1 Å². The highest BCUT2D eigenvalue weighted by molar-refractivity contribution is 5.95. The van der Waals surface area contributed by atoms with Crippen LogP contribution in [0.15, 0.2) is 30.3 Å². The number of rotatable bonds is 13. The number of nitrogens with one attached hydrogen (secondary N) is 3. The Hall–Kier alpha value is -3.51. The summed E-state index contributed by atoms with van der Waals surface area (Å²) in [6, 6.07) is 3.85. The predicted molar refractivity (Wildman–Crippen MR) is 122 cm³/mol. The van der Waals surface area contributed by atoms with Crippen molar-refractivity contribution in [3.05, 3.63) is 35.9 Å². The van der Waals surface area contributed by atoms with E-state index in [1.54, 1.807) is 13.8 Å². The third kappa shape index (κ3) is 9.16. The van der Waals surface area contributed by atoms with Crippen LogP contribution in [0.5, 0.6) is 0 Å². The Morgan fingerprint density at radius 1 is 0.882 bits per heavy atom. The molecule has 0 saturated heterocycles. The lowest BCUT2D eigenvalue weighted by Gasteiger charge is -2.28. The number of aliphatic carboxylic acids is 1. The largest absolute Gasteiger partial charge is 0.480 e. The highest BCUT2D eigenvalue weighted by Crippen LogP contribution is 2.07. The van der Waals surface area contributed by atoms with Gasteiger partial charge in [0.15, 0.2) is 0 Å². The zero-order chi connectivity index (χ0) is 26.0. The average Bonchev–Trinajstić information content (AvgIpc) is 2.74. The maximum atomic E-state index is 12.9. The summed E-state index contributed by atoms with van der Waals surface area (Å²) in [4.78, 5) is 60.3. The maximum Gasteiger partial charge on any atom is 0.326 e. The van der Waals surface area contributed by atoms with Crippen LogP contribution >= 0.6 is 0 Å². The summed E-state index contributed by atoms with van der Waals surface area (Å²) in [5.41, 5.74) is 11.8. The Kier molecular flexibility index (Phi) is 11.1. The normalized spacial score (nSPS) is 15.4. The van der Waals surface area contributed by atoms with Gasteiger partial charge in [0, 0.05) is 0 Å². The van der Waals surface area contributed by atoms with Crippen LogP contribution in [0.3, 0.4) is 0 Å². The Labute approximate surface area is 197 Å². The van der Waals surface area contributed by atoms with E-state index >= 15 is 0 Å². The summed E-state index contributed by atoms with van der Waals surface area (Å²) in [6.45, 7) is 4.54. The van der Waals surface area contributed by atoms with Gasteiger partial charge in [0.2, 0.25) is 23.6 Å². The van der Waals surface area contributed by atoms with Crippen molar-refractivity contribution < 1.29 is 34.2 Å². The van der Waals surface area contributed by atoms with Gasteiger partial charge in [0.25, 0.3) is 0 Å². The minimum atomic E-state index is -1.64. The molecule has 0 aliphatic rings. The lowest BCUT2D eigenvalue weighted by atomic mass is 10.0.